The van der Waals surface area contributed by atoms with Gasteiger partial charge in [-0.2, -0.15) is 0 Å². The van der Waals surface area contributed by atoms with Gasteiger partial charge in [0, 0.05) is 13.1 Å². The quantitative estimate of drug-likeness (QED) is 0.337. The van der Waals surface area contributed by atoms with Crippen LogP contribution in [0, 0.1) is 13.8 Å². The molecule has 0 spiro atoms. The zero-order chi connectivity index (χ0) is 27.7. The van der Waals surface area contributed by atoms with Crippen molar-refractivity contribution < 1.29 is 18.0 Å². The van der Waals surface area contributed by atoms with Crippen molar-refractivity contribution in [3.8, 4) is 0 Å². The number of anilines is 1. The van der Waals surface area contributed by atoms with Crippen molar-refractivity contribution >= 4 is 27.5 Å². The van der Waals surface area contributed by atoms with Crippen molar-refractivity contribution in [3.05, 3.63) is 95.6 Å². The van der Waals surface area contributed by atoms with Gasteiger partial charge in [-0.1, -0.05) is 73.5 Å². The summed E-state index contributed by atoms with van der Waals surface area (Å²) >= 11 is 0. The van der Waals surface area contributed by atoms with E-state index in [0.29, 0.717) is 12.2 Å². The fraction of sp³-hybridized carbons (Fsp3) is 0.333. The summed E-state index contributed by atoms with van der Waals surface area (Å²) in [7, 11) is -4.06. The van der Waals surface area contributed by atoms with Gasteiger partial charge in [-0.3, -0.25) is 13.9 Å². The van der Waals surface area contributed by atoms with Crippen molar-refractivity contribution in [2.45, 2.75) is 58.0 Å². The lowest BCUT2D eigenvalue weighted by Gasteiger charge is -2.32. The summed E-state index contributed by atoms with van der Waals surface area (Å²) in [5.74, 6) is -0.737. The van der Waals surface area contributed by atoms with Crippen molar-refractivity contribution in [1.29, 1.82) is 0 Å². The zero-order valence-corrected chi connectivity index (χ0v) is 23.4. The summed E-state index contributed by atoms with van der Waals surface area (Å²) in [4.78, 5) is 28.5. The minimum atomic E-state index is -4.06. The average Bonchev–Trinajstić information content (AvgIpc) is 2.91. The lowest BCUT2D eigenvalue weighted by molar-refractivity contribution is -0.139. The summed E-state index contributed by atoms with van der Waals surface area (Å²) < 4.78 is 28.7. The van der Waals surface area contributed by atoms with Crippen molar-refractivity contribution in [3.63, 3.8) is 0 Å². The molecule has 0 fully saturated rings. The molecule has 3 aromatic carbocycles. The first-order chi connectivity index (χ1) is 18.1. The predicted molar refractivity (Wildman–Crippen MR) is 151 cm³/mol. The van der Waals surface area contributed by atoms with Gasteiger partial charge < -0.3 is 10.2 Å². The van der Waals surface area contributed by atoms with Crippen LogP contribution in [0.3, 0.4) is 0 Å². The topological polar surface area (TPSA) is 86.8 Å². The number of amides is 2. The Morgan fingerprint density at radius 2 is 1.53 bits per heavy atom. The number of sulfonamides is 1. The van der Waals surface area contributed by atoms with Crippen LogP contribution in [-0.4, -0.2) is 44.3 Å². The molecule has 1 atom stereocenters. The van der Waals surface area contributed by atoms with Gasteiger partial charge in [0.05, 0.1) is 10.6 Å². The van der Waals surface area contributed by atoms with Gasteiger partial charge in [-0.05, 0) is 62.6 Å². The second kappa shape index (κ2) is 13.2. The molecule has 0 saturated carbocycles. The summed E-state index contributed by atoms with van der Waals surface area (Å²) in [5.41, 5.74) is 3.17. The molecule has 0 saturated heterocycles. The van der Waals surface area contributed by atoms with Gasteiger partial charge in [-0.25, -0.2) is 8.42 Å². The third-order valence-electron chi connectivity index (χ3n) is 6.53. The maximum absolute atomic E-state index is 13.9. The normalized spacial score (nSPS) is 12.0. The highest BCUT2D eigenvalue weighted by atomic mass is 32.2. The Morgan fingerprint density at radius 1 is 0.895 bits per heavy atom. The van der Waals surface area contributed by atoms with Crippen LogP contribution >= 0.6 is 0 Å². The maximum Gasteiger partial charge on any atom is 0.264 e. The van der Waals surface area contributed by atoms with Crippen LogP contribution in [0.2, 0.25) is 0 Å². The fourth-order valence-corrected chi connectivity index (χ4v) is 5.46. The van der Waals surface area contributed by atoms with Crippen LogP contribution in [0.15, 0.2) is 83.8 Å². The molecule has 2 amide bonds. The van der Waals surface area contributed by atoms with Crippen LogP contribution in [0.25, 0.3) is 0 Å². The molecule has 0 aliphatic rings. The number of hydrogen-bond acceptors (Lipinski definition) is 4. The van der Waals surface area contributed by atoms with Crippen molar-refractivity contribution in [2.75, 3.05) is 17.4 Å². The molecule has 0 bridgehead atoms. The number of carbonyl (C=O) groups is 2. The third kappa shape index (κ3) is 7.22. The number of nitrogens with zero attached hydrogens (tertiary/aromatic N) is 2. The van der Waals surface area contributed by atoms with E-state index in [-0.39, 0.29) is 17.3 Å². The van der Waals surface area contributed by atoms with E-state index in [0.717, 1.165) is 33.8 Å². The molecule has 0 unspecified atom stereocenters. The van der Waals surface area contributed by atoms with Crippen LogP contribution in [0.1, 0.15) is 43.4 Å². The van der Waals surface area contributed by atoms with E-state index in [9.17, 15) is 18.0 Å². The van der Waals surface area contributed by atoms with Crippen LogP contribution in [-0.2, 0) is 26.2 Å². The van der Waals surface area contributed by atoms with E-state index in [1.807, 2.05) is 45.0 Å². The number of benzene rings is 3. The Morgan fingerprint density at radius 3 is 2.16 bits per heavy atom. The summed E-state index contributed by atoms with van der Waals surface area (Å²) in [6, 6.07) is 22.0. The highest BCUT2D eigenvalue weighted by Crippen LogP contribution is 2.25. The molecule has 1 N–H and O–H groups in total. The highest BCUT2D eigenvalue weighted by Gasteiger charge is 2.32. The van der Waals surface area contributed by atoms with E-state index in [2.05, 4.69) is 5.32 Å². The number of hydrogen-bond donors (Lipinski definition) is 1. The average molecular weight is 536 g/mol. The highest BCUT2D eigenvalue weighted by molar-refractivity contribution is 7.92. The van der Waals surface area contributed by atoms with E-state index in [1.165, 1.54) is 4.90 Å². The molecular formula is C30H37N3O4S. The first kappa shape index (κ1) is 28.9. The van der Waals surface area contributed by atoms with Gasteiger partial charge in [0.2, 0.25) is 11.8 Å². The Balaban J connectivity index is 1.98. The largest absolute Gasteiger partial charge is 0.354 e. The lowest BCUT2D eigenvalue weighted by atomic mass is 10.1. The van der Waals surface area contributed by atoms with Crippen LogP contribution in [0.5, 0.6) is 0 Å². The van der Waals surface area contributed by atoms with Gasteiger partial charge >= 0.3 is 0 Å². The number of unbranched alkanes of at least 4 members (excludes halogenated alkanes) is 1. The zero-order valence-electron chi connectivity index (χ0n) is 22.6. The van der Waals surface area contributed by atoms with E-state index >= 15 is 0 Å². The van der Waals surface area contributed by atoms with Gasteiger partial charge in [0.25, 0.3) is 10.0 Å². The maximum atomic E-state index is 13.9. The predicted octanol–water partition coefficient (Wildman–Crippen LogP) is 4.83. The monoisotopic (exact) mass is 535 g/mol. The van der Waals surface area contributed by atoms with Gasteiger partial charge in [-0.15, -0.1) is 0 Å². The SMILES string of the molecule is CCCCNC(=O)[C@H](C)N(Cc1ccccc1C)C(=O)CN(c1ccccc1)S(=O)(=O)c1ccc(C)cc1. The molecule has 202 valence electrons. The molecule has 0 aromatic heterocycles. The Kier molecular flexibility index (Phi) is 10.1. The molecule has 0 aliphatic carbocycles. The second-order valence-electron chi connectivity index (χ2n) is 9.43. The number of carbonyl (C=O) groups excluding carboxylic acids is 2. The number of rotatable bonds is 12. The van der Waals surface area contributed by atoms with E-state index < -0.39 is 28.5 Å². The van der Waals surface area contributed by atoms with Gasteiger partial charge in [0.15, 0.2) is 0 Å². The number of para-hydroxylation sites is 1. The number of nitrogens with one attached hydrogen (secondary N) is 1. The first-order valence-corrected chi connectivity index (χ1v) is 14.3. The standard InChI is InChI=1S/C30H37N3O4S/c1-5-6-20-31-30(35)25(4)32(21-26-13-11-10-12-24(26)3)29(34)22-33(27-14-8-7-9-15-27)38(36,37)28-18-16-23(2)17-19-28/h7-19,25H,5-6,20-22H2,1-4H3,(H,31,35)/t25-/m0/s1. The summed E-state index contributed by atoms with van der Waals surface area (Å²) in [5, 5.41) is 2.90. The Labute approximate surface area is 226 Å². The van der Waals surface area contributed by atoms with Gasteiger partial charge in [0.1, 0.15) is 12.6 Å². The second-order valence-corrected chi connectivity index (χ2v) is 11.3. The molecule has 7 nitrogen and oxygen atoms in total. The minimum Gasteiger partial charge on any atom is -0.354 e. The fourth-order valence-electron chi connectivity index (χ4n) is 4.05. The van der Waals surface area contributed by atoms with Crippen LogP contribution < -0.4 is 9.62 Å². The molecule has 3 rings (SSSR count). The Bertz CT molecular complexity index is 1330. The smallest absolute Gasteiger partial charge is 0.264 e. The van der Waals surface area contributed by atoms with E-state index in [4.69, 9.17) is 0 Å². The Hall–Kier alpha value is -3.65. The molecule has 38 heavy (non-hydrogen) atoms. The minimum absolute atomic E-state index is 0.0931. The molecular weight excluding hydrogens is 498 g/mol. The first-order valence-electron chi connectivity index (χ1n) is 12.9. The van der Waals surface area contributed by atoms with Crippen LogP contribution in [0.4, 0.5) is 5.69 Å². The summed E-state index contributed by atoms with van der Waals surface area (Å²) in [6.45, 7) is 7.80. The van der Waals surface area contributed by atoms with E-state index in [1.54, 1.807) is 61.5 Å². The summed E-state index contributed by atoms with van der Waals surface area (Å²) in [6.07, 6.45) is 1.77. The lowest BCUT2D eigenvalue weighted by Crippen LogP contribution is -2.51. The molecule has 0 radical (unpaired) electrons. The molecule has 3 aromatic rings. The van der Waals surface area contributed by atoms with Crippen molar-refractivity contribution in [2.24, 2.45) is 0 Å². The molecule has 0 heterocycles. The number of aryl methyl sites for hydroxylation is 2. The molecule has 8 heteroatoms. The molecule has 0 aliphatic heterocycles. The van der Waals surface area contributed by atoms with Crippen molar-refractivity contribution in [1.82, 2.24) is 10.2 Å². The third-order valence-corrected chi connectivity index (χ3v) is 8.32.